The molecule has 0 saturated carbocycles. The molecule has 0 fully saturated rings. The third-order valence-corrected chi connectivity index (χ3v) is 0. The maximum absolute atomic E-state index is 3.64. The van der Waals surface area contributed by atoms with Crippen LogP contribution in [-0.2, 0) is 21.7 Å². The largest absolute Gasteiger partial charge is 2.00 e. The minimum Gasteiger partial charge on any atom is -0.412 e. The van der Waals surface area contributed by atoms with Gasteiger partial charge in [0, 0.05) is 0 Å². The fourth-order valence-electron chi connectivity index (χ4n) is 0. The first-order chi connectivity index (χ1) is 3.46. The van der Waals surface area contributed by atoms with Gasteiger partial charge >= 0.3 is 21.7 Å². The van der Waals surface area contributed by atoms with Crippen LogP contribution >= 0.6 is 0 Å². The maximum atomic E-state index is 3.64. The molecule has 0 unspecified atom stereocenters. The van der Waals surface area contributed by atoms with E-state index in [-0.39, 0.29) is 27.2 Å². The van der Waals surface area contributed by atoms with Crippen molar-refractivity contribution in [1.29, 1.82) is 0 Å². The van der Waals surface area contributed by atoms with Gasteiger partial charge in [-0.3, -0.25) is 0 Å². The van der Waals surface area contributed by atoms with Crippen LogP contribution in [0.4, 0.5) is 0 Å². The molecular weight excluding hydrogens is 160 g/mol. The van der Waals surface area contributed by atoms with Gasteiger partial charge in [0.05, 0.1) is 0 Å². The molecule has 0 aliphatic rings. The molecule has 0 aromatic rings. The third kappa shape index (κ3) is 1120. The van der Waals surface area contributed by atoms with Crippen molar-refractivity contribution in [3.63, 3.8) is 0 Å². The van der Waals surface area contributed by atoms with Gasteiger partial charge in [0.25, 0.3) is 0 Å². The molecule has 0 heterocycles. The van der Waals surface area contributed by atoms with Gasteiger partial charge < -0.3 is 19.3 Å². The van der Waals surface area contributed by atoms with Crippen molar-refractivity contribution in [2.45, 2.75) is 27.7 Å². The molecule has 0 rings (SSSR count). The fraction of sp³-hybridized carbons (Fsp3) is 0.750. The molecule has 62 valence electrons. The second kappa shape index (κ2) is 16.3. The molecule has 0 aliphatic heterocycles. The summed E-state index contributed by atoms with van der Waals surface area (Å²) in [5.41, 5.74) is 0. The zero-order chi connectivity index (χ0) is 7.15. The summed E-state index contributed by atoms with van der Waals surface area (Å²) in [5.74, 6) is 1.17. The van der Waals surface area contributed by atoms with Gasteiger partial charge in [-0.2, -0.15) is 11.8 Å². The quantitative estimate of drug-likeness (QED) is 0.404. The van der Waals surface area contributed by atoms with E-state index in [0.29, 0.717) is 11.8 Å². The monoisotopic (exact) mass is 180 g/mol. The normalized spacial score (nSPS) is 7.20. The molecule has 0 aromatic carbocycles. The van der Waals surface area contributed by atoms with Crippen molar-refractivity contribution in [1.82, 2.24) is 0 Å². The van der Waals surface area contributed by atoms with Crippen LogP contribution in [0.1, 0.15) is 27.7 Å². The maximum Gasteiger partial charge on any atom is 2.00 e. The Hall–Kier alpha value is 0.674. The standard InChI is InChI=1S/2C4H9.H2O.Ti/c2*1-4(2)3;;/h2*4H,1H2,2-3H3;1H2;/q2*-1;;+2. The topological polar surface area (TPSA) is 31.5 Å². The molecule has 0 aliphatic carbocycles. The van der Waals surface area contributed by atoms with Crippen LogP contribution in [0.25, 0.3) is 0 Å². The molecule has 0 amide bonds. The van der Waals surface area contributed by atoms with Crippen LogP contribution in [0.2, 0.25) is 0 Å². The van der Waals surface area contributed by atoms with Gasteiger partial charge in [-0.25, -0.2) is 0 Å². The van der Waals surface area contributed by atoms with Crippen molar-refractivity contribution in [2.75, 3.05) is 0 Å². The Kier molecular flexibility index (Phi) is 36.6. The molecule has 0 saturated heterocycles. The minimum atomic E-state index is 0. The van der Waals surface area contributed by atoms with E-state index in [1.54, 1.807) is 0 Å². The molecule has 0 radical (unpaired) electrons. The van der Waals surface area contributed by atoms with Crippen molar-refractivity contribution in [3.8, 4) is 0 Å². The molecule has 0 spiro atoms. The second-order valence-corrected chi connectivity index (χ2v) is 2.79. The van der Waals surface area contributed by atoms with E-state index < -0.39 is 0 Å². The summed E-state index contributed by atoms with van der Waals surface area (Å²) in [7, 11) is 0. The van der Waals surface area contributed by atoms with E-state index in [9.17, 15) is 0 Å². The average Bonchev–Trinajstić information content (AvgIpc) is 1.25. The average molecular weight is 180 g/mol. The number of hydrogen-bond acceptors (Lipinski definition) is 0. The van der Waals surface area contributed by atoms with Crippen LogP contribution in [0.15, 0.2) is 0 Å². The van der Waals surface area contributed by atoms with Crippen molar-refractivity contribution in [3.05, 3.63) is 13.8 Å². The first-order valence-electron chi connectivity index (χ1n) is 3.13. The first-order valence-corrected chi connectivity index (χ1v) is 3.13. The fourth-order valence-corrected chi connectivity index (χ4v) is 0. The molecule has 0 aromatic heterocycles. The van der Waals surface area contributed by atoms with Crippen molar-refractivity contribution < 1.29 is 27.2 Å². The Morgan fingerprint density at radius 2 is 0.800 bits per heavy atom. The van der Waals surface area contributed by atoms with E-state index in [1.807, 2.05) is 0 Å². The molecule has 0 bridgehead atoms. The van der Waals surface area contributed by atoms with Gasteiger partial charge in [-0.1, -0.05) is 27.7 Å². The summed E-state index contributed by atoms with van der Waals surface area (Å²) in [4.78, 5) is 0. The summed E-state index contributed by atoms with van der Waals surface area (Å²) in [6.45, 7) is 15.5. The van der Waals surface area contributed by atoms with Gasteiger partial charge in [0.1, 0.15) is 0 Å². The Morgan fingerprint density at radius 1 is 0.800 bits per heavy atom. The van der Waals surface area contributed by atoms with Gasteiger partial charge in [0.15, 0.2) is 0 Å². The molecular formula is C8H20OTi. The number of rotatable bonds is 0. The number of hydrogen-bond donors (Lipinski definition) is 0. The summed E-state index contributed by atoms with van der Waals surface area (Å²) in [6, 6.07) is 0. The third-order valence-electron chi connectivity index (χ3n) is 0. The predicted octanol–water partition coefficient (Wildman–Crippen LogP) is 2.13. The molecule has 2 heteroatoms. The second-order valence-electron chi connectivity index (χ2n) is 2.79. The smallest absolute Gasteiger partial charge is 0.412 e. The predicted molar refractivity (Wildman–Crippen MR) is 44.0 cm³/mol. The van der Waals surface area contributed by atoms with Gasteiger partial charge in [-0.05, 0) is 0 Å². The summed E-state index contributed by atoms with van der Waals surface area (Å²) >= 11 is 0. The van der Waals surface area contributed by atoms with E-state index in [4.69, 9.17) is 0 Å². The summed E-state index contributed by atoms with van der Waals surface area (Å²) in [5, 5.41) is 0. The van der Waals surface area contributed by atoms with Crippen LogP contribution in [0.3, 0.4) is 0 Å². The van der Waals surface area contributed by atoms with Crippen molar-refractivity contribution in [2.24, 2.45) is 11.8 Å². The van der Waals surface area contributed by atoms with E-state index in [0.717, 1.165) is 0 Å². The SMILES string of the molecule is O.[CH2-]C(C)C.[CH2-]C(C)C.[Ti+2]. The Balaban J connectivity index is -0.0000000300. The zero-order valence-corrected chi connectivity index (χ0v) is 9.13. The molecule has 10 heavy (non-hydrogen) atoms. The van der Waals surface area contributed by atoms with E-state index in [2.05, 4.69) is 41.5 Å². The Bertz CT molecular complexity index is 24.7. The van der Waals surface area contributed by atoms with Gasteiger partial charge in [-0.15, -0.1) is 0 Å². The van der Waals surface area contributed by atoms with E-state index in [1.165, 1.54) is 0 Å². The van der Waals surface area contributed by atoms with E-state index >= 15 is 0 Å². The van der Waals surface area contributed by atoms with Crippen LogP contribution in [0, 0.1) is 25.7 Å². The van der Waals surface area contributed by atoms with Crippen LogP contribution in [-0.4, -0.2) is 5.48 Å². The molecule has 0 atom stereocenters. The van der Waals surface area contributed by atoms with Crippen molar-refractivity contribution >= 4 is 0 Å². The minimum absolute atomic E-state index is 0. The summed E-state index contributed by atoms with van der Waals surface area (Å²) in [6.07, 6.45) is 0. The van der Waals surface area contributed by atoms with Crippen LogP contribution < -0.4 is 0 Å². The molecule has 2 N–H and O–H groups in total. The zero-order valence-electron chi connectivity index (χ0n) is 7.57. The first kappa shape index (κ1) is 22.4. The Morgan fingerprint density at radius 3 is 0.800 bits per heavy atom. The van der Waals surface area contributed by atoms with Crippen LogP contribution in [0.5, 0.6) is 0 Å². The Labute approximate surface area is 80.8 Å². The summed E-state index contributed by atoms with van der Waals surface area (Å²) < 4.78 is 0. The molecule has 1 nitrogen and oxygen atoms in total. The van der Waals surface area contributed by atoms with Gasteiger partial charge in [0.2, 0.25) is 0 Å².